The third-order valence-electron chi connectivity index (χ3n) is 3.71. The lowest BCUT2D eigenvalue weighted by Gasteiger charge is -2.21. The quantitative estimate of drug-likeness (QED) is 0.579. The van der Waals surface area contributed by atoms with Gasteiger partial charge in [-0.1, -0.05) is 46.6 Å². The standard InChI is InChI=1S/C18H21BrIN/c1-4-21-18(16-11-15(19)7-8-17(16)20)10-14-9-12(2)5-6-13(14)3/h5-9,11,18,21H,4,10H2,1-3H3. The summed E-state index contributed by atoms with van der Waals surface area (Å²) in [5.41, 5.74) is 5.49. The van der Waals surface area contributed by atoms with E-state index in [9.17, 15) is 0 Å². The van der Waals surface area contributed by atoms with Gasteiger partial charge in [-0.25, -0.2) is 0 Å². The molecule has 1 atom stereocenters. The van der Waals surface area contributed by atoms with E-state index in [0.29, 0.717) is 6.04 Å². The van der Waals surface area contributed by atoms with Crippen LogP contribution >= 0.6 is 38.5 Å². The molecule has 0 saturated heterocycles. The summed E-state index contributed by atoms with van der Waals surface area (Å²) in [7, 11) is 0. The minimum absolute atomic E-state index is 0.347. The Kier molecular flexibility index (Phi) is 6.26. The van der Waals surface area contributed by atoms with Crippen molar-refractivity contribution >= 4 is 38.5 Å². The molecule has 0 heterocycles. The molecular formula is C18H21BrIN. The highest BCUT2D eigenvalue weighted by atomic mass is 127. The predicted octanol–water partition coefficient (Wildman–Crippen LogP) is 5.56. The fraction of sp³-hybridized carbons (Fsp3) is 0.333. The minimum atomic E-state index is 0.347. The van der Waals surface area contributed by atoms with Gasteiger partial charge in [0, 0.05) is 14.1 Å². The van der Waals surface area contributed by atoms with Gasteiger partial charge in [0.2, 0.25) is 0 Å². The topological polar surface area (TPSA) is 12.0 Å². The summed E-state index contributed by atoms with van der Waals surface area (Å²) >= 11 is 6.03. The SMILES string of the molecule is CCNC(Cc1cc(C)ccc1C)c1cc(Br)ccc1I. The van der Waals surface area contributed by atoms with Crippen molar-refractivity contribution < 1.29 is 0 Å². The molecular weight excluding hydrogens is 437 g/mol. The van der Waals surface area contributed by atoms with Gasteiger partial charge in [-0.3, -0.25) is 0 Å². The van der Waals surface area contributed by atoms with E-state index in [1.807, 2.05) is 0 Å². The zero-order valence-corrected chi connectivity index (χ0v) is 16.5. The normalized spacial score (nSPS) is 12.4. The molecule has 2 aromatic rings. The van der Waals surface area contributed by atoms with Crippen molar-refractivity contribution in [3.8, 4) is 0 Å². The van der Waals surface area contributed by atoms with Crippen molar-refractivity contribution in [3.63, 3.8) is 0 Å². The monoisotopic (exact) mass is 457 g/mol. The molecule has 0 aliphatic carbocycles. The number of hydrogen-bond acceptors (Lipinski definition) is 1. The Balaban J connectivity index is 2.35. The molecule has 1 unspecified atom stereocenters. The molecule has 1 nitrogen and oxygen atoms in total. The third-order valence-corrected chi connectivity index (χ3v) is 5.19. The van der Waals surface area contributed by atoms with Crippen LogP contribution < -0.4 is 5.32 Å². The van der Waals surface area contributed by atoms with Gasteiger partial charge >= 0.3 is 0 Å². The first-order valence-electron chi connectivity index (χ1n) is 7.25. The van der Waals surface area contributed by atoms with Crippen LogP contribution in [0.1, 0.15) is 35.2 Å². The van der Waals surface area contributed by atoms with Crippen molar-refractivity contribution in [2.75, 3.05) is 6.54 Å². The Hall–Kier alpha value is -0.390. The Morgan fingerprint density at radius 2 is 1.90 bits per heavy atom. The molecule has 0 aromatic heterocycles. The molecule has 0 saturated carbocycles. The number of hydrogen-bond donors (Lipinski definition) is 1. The molecule has 0 aliphatic heterocycles. The maximum Gasteiger partial charge on any atom is 0.0371 e. The first kappa shape index (κ1) is 17.0. The second-order valence-electron chi connectivity index (χ2n) is 5.41. The molecule has 0 amide bonds. The summed E-state index contributed by atoms with van der Waals surface area (Å²) in [6, 6.07) is 13.6. The van der Waals surface area contributed by atoms with Gasteiger partial charge in [0.15, 0.2) is 0 Å². The van der Waals surface area contributed by atoms with Crippen LogP contribution in [0.3, 0.4) is 0 Å². The molecule has 1 N–H and O–H groups in total. The molecule has 2 aromatic carbocycles. The van der Waals surface area contributed by atoms with Crippen LogP contribution in [-0.4, -0.2) is 6.54 Å². The predicted molar refractivity (Wildman–Crippen MR) is 103 cm³/mol. The summed E-state index contributed by atoms with van der Waals surface area (Å²) in [5, 5.41) is 3.64. The molecule has 0 bridgehead atoms. The maximum atomic E-state index is 3.64. The average Bonchev–Trinajstić information content (AvgIpc) is 2.45. The Labute approximate surface area is 149 Å². The van der Waals surface area contributed by atoms with E-state index >= 15 is 0 Å². The van der Waals surface area contributed by atoms with Crippen molar-refractivity contribution in [3.05, 3.63) is 66.7 Å². The fourth-order valence-electron chi connectivity index (χ4n) is 2.56. The lowest BCUT2D eigenvalue weighted by Crippen LogP contribution is -2.24. The molecule has 0 fully saturated rings. The highest BCUT2D eigenvalue weighted by Gasteiger charge is 2.15. The molecule has 2 rings (SSSR count). The second-order valence-corrected chi connectivity index (χ2v) is 7.49. The van der Waals surface area contributed by atoms with Gasteiger partial charge in [0.05, 0.1) is 0 Å². The minimum Gasteiger partial charge on any atom is -0.310 e. The summed E-state index contributed by atoms with van der Waals surface area (Å²) < 4.78 is 2.45. The lowest BCUT2D eigenvalue weighted by atomic mass is 9.95. The molecule has 21 heavy (non-hydrogen) atoms. The zero-order valence-electron chi connectivity index (χ0n) is 12.7. The summed E-state index contributed by atoms with van der Waals surface area (Å²) in [4.78, 5) is 0. The van der Waals surface area contributed by atoms with Crippen LogP contribution in [-0.2, 0) is 6.42 Å². The van der Waals surface area contributed by atoms with Crippen LogP contribution in [0.15, 0.2) is 40.9 Å². The van der Waals surface area contributed by atoms with Crippen LogP contribution in [0.5, 0.6) is 0 Å². The molecule has 0 aliphatic rings. The fourth-order valence-corrected chi connectivity index (χ4v) is 3.65. The molecule has 0 radical (unpaired) electrons. The number of halogens is 2. The van der Waals surface area contributed by atoms with Gasteiger partial charge in [0.1, 0.15) is 0 Å². The van der Waals surface area contributed by atoms with Gasteiger partial charge in [-0.05, 0) is 84.3 Å². The number of nitrogens with one attached hydrogen (secondary N) is 1. The van der Waals surface area contributed by atoms with Gasteiger partial charge in [-0.15, -0.1) is 0 Å². The first-order chi connectivity index (χ1) is 10.0. The third kappa shape index (κ3) is 4.54. The van der Waals surface area contributed by atoms with Crippen LogP contribution in [0, 0.1) is 17.4 Å². The van der Waals surface area contributed by atoms with E-state index in [1.165, 1.54) is 25.8 Å². The van der Waals surface area contributed by atoms with E-state index in [4.69, 9.17) is 0 Å². The van der Waals surface area contributed by atoms with Crippen molar-refractivity contribution in [1.82, 2.24) is 5.32 Å². The van der Waals surface area contributed by atoms with Crippen molar-refractivity contribution in [2.45, 2.75) is 33.2 Å². The number of benzene rings is 2. The average molecular weight is 458 g/mol. The van der Waals surface area contributed by atoms with E-state index < -0.39 is 0 Å². The van der Waals surface area contributed by atoms with E-state index in [1.54, 1.807) is 0 Å². The Bertz CT molecular complexity index is 625. The lowest BCUT2D eigenvalue weighted by molar-refractivity contribution is 0.546. The molecule has 112 valence electrons. The number of likely N-dealkylation sites (N-methyl/N-ethyl adjacent to an activating group) is 1. The molecule has 3 heteroatoms. The Morgan fingerprint density at radius 3 is 2.62 bits per heavy atom. The van der Waals surface area contributed by atoms with Crippen LogP contribution in [0.2, 0.25) is 0 Å². The van der Waals surface area contributed by atoms with Crippen molar-refractivity contribution in [1.29, 1.82) is 0 Å². The van der Waals surface area contributed by atoms with E-state index in [0.717, 1.165) is 17.4 Å². The molecule has 0 spiro atoms. The summed E-state index contributed by atoms with van der Waals surface area (Å²) in [5.74, 6) is 0. The zero-order chi connectivity index (χ0) is 15.4. The largest absolute Gasteiger partial charge is 0.310 e. The highest BCUT2D eigenvalue weighted by molar-refractivity contribution is 14.1. The van der Waals surface area contributed by atoms with Crippen LogP contribution in [0.4, 0.5) is 0 Å². The Morgan fingerprint density at radius 1 is 1.14 bits per heavy atom. The van der Waals surface area contributed by atoms with Gasteiger partial charge < -0.3 is 5.32 Å². The summed E-state index contributed by atoms with van der Waals surface area (Å²) in [6.45, 7) is 7.50. The van der Waals surface area contributed by atoms with Crippen molar-refractivity contribution in [2.24, 2.45) is 0 Å². The number of aryl methyl sites for hydroxylation is 2. The summed E-state index contributed by atoms with van der Waals surface area (Å²) in [6.07, 6.45) is 1.02. The van der Waals surface area contributed by atoms with Gasteiger partial charge in [-0.2, -0.15) is 0 Å². The van der Waals surface area contributed by atoms with E-state index in [2.05, 4.69) is 101 Å². The van der Waals surface area contributed by atoms with Crippen LogP contribution in [0.25, 0.3) is 0 Å². The van der Waals surface area contributed by atoms with Gasteiger partial charge in [0.25, 0.3) is 0 Å². The first-order valence-corrected chi connectivity index (χ1v) is 9.13. The second kappa shape index (κ2) is 7.75. The number of rotatable bonds is 5. The smallest absolute Gasteiger partial charge is 0.0371 e. The van der Waals surface area contributed by atoms with E-state index in [-0.39, 0.29) is 0 Å². The maximum absolute atomic E-state index is 3.64. The highest BCUT2D eigenvalue weighted by Crippen LogP contribution is 2.28.